The maximum Gasteiger partial charge on any atom is 0.325 e. The van der Waals surface area contributed by atoms with Crippen LogP contribution in [0.2, 0.25) is 0 Å². The van der Waals surface area contributed by atoms with Crippen molar-refractivity contribution in [2.45, 2.75) is 12.5 Å². The minimum atomic E-state index is -0.689. The third-order valence-electron chi connectivity index (χ3n) is 4.62. The van der Waals surface area contributed by atoms with Gasteiger partial charge in [0, 0.05) is 33.7 Å². The Bertz CT molecular complexity index is 1080. The SMILES string of the molecule is O=C(CN1C(=O)N[C@H](Cc2c[nH]c3ccccc23)C1=O)Nc1cccc(Br)c1. The molecule has 0 aliphatic carbocycles. The van der Waals surface area contributed by atoms with Gasteiger partial charge in [0.15, 0.2) is 0 Å². The largest absolute Gasteiger partial charge is 0.361 e. The lowest BCUT2D eigenvalue weighted by atomic mass is 10.1. The van der Waals surface area contributed by atoms with E-state index in [0.29, 0.717) is 12.1 Å². The van der Waals surface area contributed by atoms with Gasteiger partial charge in [-0.1, -0.05) is 40.2 Å². The number of amides is 4. The van der Waals surface area contributed by atoms with E-state index in [-0.39, 0.29) is 6.54 Å². The Morgan fingerprint density at radius 3 is 2.79 bits per heavy atom. The van der Waals surface area contributed by atoms with Crippen molar-refractivity contribution in [3.8, 4) is 0 Å². The van der Waals surface area contributed by atoms with Crippen LogP contribution in [0.4, 0.5) is 10.5 Å². The van der Waals surface area contributed by atoms with Crippen LogP contribution in [-0.4, -0.2) is 40.3 Å². The molecule has 4 rings (SSSR count). The molecular formula is C20H17BrN4O3. The van der Waals surface area contributed by atoms with Gasteiger partial charge in [0.1, 0.15) is 12.6 Å². The van der Waals surface area contributed by atoms with Gasteiger partial charge in [-0.05, 0) is 29.8 Å². The smallest absolute Gasteiger partial charge is 0.325 e. The van der Waals surface area contributed by atoms with Crippen molar-refractivity contribution in [2.75, 3.05) is 11.9 Å². The number of nitrogens with zero attached hydrogens (tertiary/aromatic N) is 1. The number of imide groups is 1. The number of benzene rings is 2. The normalized spacial score (nSPS) is 16.5. The average molecular weight is 441 g/mol. The van der Waals surface area contributed by atoms with E-state index >= 15 is 0 Å². The van der Waals surface area contributed by atoms with Crippen LogP contribution < -0.4 is 10.6 Å². The number of H-pyrrole nitrogens is 1. The molecule has 0 unspecified atom stereocenters. The fourth-order valence-corrected chi connectivity index (χ4v) is 3.69. The van der Waals surface area contributed by atoms with Gasteiger partial charge < -0.3 is 15.6 Å². The van der Waals surface area contributed by atoms with Gasteiger partial charge in [0.25, 0.3) is 5.91 Å². The highest BCUT2D eigenvalue weighted by Gasteiger charge is 2.39. The molecule has 2 heterocycles. The monoisotopic (exact) mass is 440 g/mol. The van der Waals surface area contributed by atoms with Crippen molar-refractivity contribution < 1.29 is 14.4 Å². The minimum absolute atomic E-state index is 0.332. The molecule has 3 N–H and O–H groups in total. The van der Waals surface area contributed by atoms with Crippen LogP contribution in [0, 0.1) is 0 Å². The quantitative estimate of drug-likeness (QED) is 0.532. The second kappa shape index (κ2) is 7.47. The zero-order valence-corrected chi connectivity index (χ0v) is 16.3. The fourth-order valence-electron chi connectivity index (χ4n) is 3.30. The maximum absolute atomic E-state index is 12.7. The topological polar surface area (TPSA) is 94.3 Å². The second-order valence-electron chi connectivity index (χ2n) is 6.55. The Labute approximate surface area is 169 Å². The highest BCUT2D eigenvalue weighted by atomic mass is 79.9. The molecule has 8 heteroatoms. The number of hydrogen-bond acceptors (Lipinski definition) is 3. The van der Waals surface area contributed by atoms with E-state index < -0.39 is 23.9 Å². The van der Waals surface area contributed by atoms with Gasteiger partial charge in [-0.25, -0.2) is 4.79 Å². The predicted octanol–water partition coefficient (Wildman–Crippen LogP) is 3.03. The summed E-state index contributed by atoms with van der Waals surface area (Å²) in [5, 5.41) is 6.37. The molecule has 0 spiro atoms. The molecule has 1 atom stereocenters. The van der Waals surface area contributed by atoms with Crippen LogP contribution in [0.1, 0.15) is 5.56 Å². The average Bonchev–Trinajstić information content (AvgIpc) is 3.18. The predicted molar refractivity (Wildman–Crippen MR) is 109 cm³/mol. The van der Waals surface area contributed by atoms with Crippen LogP contribution in [-0.2, 0) is 16.0 Å². The summed E-state index contributed by atoms with van der Waals surface area (Å²) in [6, 6.07) is 13.6. The number of halogens is 1. The summed E-state index contributed by atoms with van der Waals surface area (Å²) in [6.45, 7) is -0.332. The standard InChI is InChI=1S/C20H17BrN4O3/c21-13-4-3-5-14(9-13)23-18(26)11-25-19(27)17(24-20(25)28)8-12-10-22-16-7-2-1-6-15(12)16/h1-7,9-10,17,22H,8,11H2,(H,23,26)(H,24,28)/t17-/m1/s1. The van der Waals surface area contributed by atoms with E-state index in [9.17, 15) is 14.4 Å². The van der Waals surface area contributed by atoms with Gasteiger partial charge in [-0.2, -0.15) is 0 Å². The number of fused-ring (bicyclic) bond motifs is 1. The summed E-state index contributed by atoms with van der Waals surface area (Å²) in [5.41, 5.74) is 2.50. The lowest BCUT2D eigenvalue weighted by Crippen LogP contribution is -2.38. The molecule has 28 heavy (non-hydrogen) atoms. The van der Waals surface area contributed by atoms with E-state index in [1.807, 2.05) is 36.5 Å². The zero-order valence-electron chi connectivity index (χ0n) is 14.7. The van der Waals surface area contributed by atoms with E-state index in [2.05, 4.69) is 31.5 Å². The van der Waals surface area contributed by atoms with E-state index in [1.54, 1.807) is 18.2 Å². The van der Waals surface area contributed by atoms with Crippen LogP contribution >= 0.6 is 15.9 Å². The molecular weight excluding hydrogens is 424 g/mol. The molecule has 3 aromatic rings. The first kappa shape index (κ1) is 18.2. The molecule has 1 saturated heterocycles. The van der Waals surface area contributed by atoms with E-state index in [0.717, 1.165) is 25.8 Å². The van der Waals surface area contributed by atoms with E-state index in [4.69, 9.17) is 0 Å². The number of para-hydroxylation sites is 1. The number of anilines is 1. The van der Waals surface area contributed by atoms with Crippen molar-refractivity contribution >= 4 is 50.4 Å². The lowest BCUT2D eigenvalue weighted by Gasteiger charge is -2.13. The van der Waals surface area contributed by atoms with E-state index in [1.165, 1.54) is 0 Å². The number of aromatic amines is 1. The Morgan fingerprint density at radius 1 is 1.14 bits per heavy atom. The first-order valence-corrected chi connectivity index (χ1v) is 9.53. The summed E-state index contributed by atoms with van der Waals surface area (Å²) in [6.07, 6.45) is 2.20. The van der Waals surface area contributed by atoms with Crippen LogP contribution in [0.5, 0.6) is 0 Å². The maximum atomic E-state index is 12.7. The first-order chi connectivity index (χ1) is 13.5. The Hall–Kier alpha value is -3.13. The van der Waals surface area contributed by atoms with Crippen molar-refractivity contribution in [1.29, 1.82) is 0 Å². The number of carbonyl (C=O) groups is 3. The number of nitrogens with one attached hydrogen (secondary N) is 3. The number of rotatable bonds is 5. The van der Waals surface area contributed by atoms with Crippen molar-refractivity contribution in [1.82, 2.24) is 15.2 Å². The molecule has 0 radical (unpaired) electrons. The van der Waals surface area contributed by atoms with Gasteiger partial charge in [0.05, 0.1) is 0 Å². The highest BCUT2D eigenvalue weighted by Crippen LogP contribution is 2.21. The molecule has 142 valence electrons. The van der Waals surface area contributed by atoms with Crippen LogP contribution in [0.3, 0.4) is 0 Å². The van der Waals surface area contributed by atoms with Gasteiger partial charge in [-0.3, -0.25) is 14.5 Å². The molecule has 0 saturated carbocycles. The lowest BCUT2D eigenvalue weighted by molar-refractivity contribution is -0.130. The molecule has 1 aromatic heterocycles. The third-order valence-corrected chi connectivity index (χ3v) is 5.11. The first-order valence-electron chi connectivity index (χ1n) is 8.73. The molecule has 2 aromatic carbocycles. The van der Waals surface area contributed by atoms with Crippen molar-refractivity contribution in [3.05, 3.63) is 64.8 Å². The van der Waals surface area contributed by atoms with Crippen LogP contribution in [0.15, 0.2) is 59.2 Å². The Morgan fingerprint density at radius 2 is 1.96 bits per heavy atom. The summed E-state index contributed by atoms with van der Waals surface area (Å²) in [7, 11) is 0. The van der Waals surface area contributed by atoms with Gasteiger partial charge in [0.2, 0.25) is 5.91 Å². The molecule has 7 nitrogen and oxygen atoms in total. The molecule has 1 fully saturated rings. The second-order valence-corrected chi connectivity index (χ2v) is 7.46. The molecule has 4 amide bonds. The van der Waals surface area contributed by atoms with Gasteiger partial charge in [-0.15, -0.1) is 0 Å². The van der Waals surface area contributed by atoms with Crippen LogP contribution in [0.25, 0.3) is 10.9 Å². The molecule has 1 aliphatic heterocycles. The third kappa shape index (κ3) is 3.63. The fraction of sp³-hybridized carbons (Fsp3) is 0.150. The Kier molecular flexibility index (Phi) is 4.87. The van der Waals surface area contributed by atoms with Gasteiger partial charge >= 0.3 is 6.03 Å². The minimum Gasteiger partial charge on any atom is -0.361 e. The summed E-state index contributed by atoms with van der Waals surface area (Å²) in [5.74, 6) is -0.839. The molecule has 1 aliphatic rings. The number of hydrogen-bond donors (Lipinski definition) is 3. The summed E-state index contributed by atoms with van der Waals surface area (Å²) >= 11 is 3.33. The number of aromatic nitrogens is 1. The highest BCUT2D eigenvalue weighted by molar-refractivity contribution is 9.10. The zero-order chi connectivity index (χ0) is 19.7. The van der Waals surface area contributed by atoms with Crippen molar-refractivity contribution in [3.63, 3.8) is 0 Å². The summed E-state index contributed by atoms with van der Waals surface area (Å²) in [4.78, 5) is 41.3. The molecule has 0 bridgehead atoms. The Balaban J connectivity index is 1.43. The number of urea groups is 1. The number of carbonyl (C=O) groups excluding carboxylic acids is 3. The summed E-state index contributed by atoms with van der Waals surface area (Å²) < 4.78 is 0.819. The van der Waals surface area contributed by atoms with Crippen molar-refractivity contribution in [2.24, 2.45) is 0 Å².